The van der Waals surface area contributed by atoms with E-state index < -0.39 is 0 Å². The summed E-state index contributed by atoms with van der Waals surface area (Å²) in [5, 5.41) is 11.0. The van der Waals surface area contributed by atoms with E-state index in [2.05, 4.69) is 33.4 Å². The minimum Gasteiger partial charge on any atom is -0.397 e. The first kappa shape index (κ1) is 12.9. The summed E-state index contributed by atoms with van der Waals surface area (Å²) in [5.41, 5.74) is 9.36. The van der Waals surface area contributed by atoms with Gasteiger partial charge in [0.25, 0.3) is 0 Å². The van der Waals surface area contributed by atoms with Crippen molar-refractivity contribution in [1.82, 2.24) is 0 Å². The van der Waals surface area contributed by atoms with Crippen molar-refractivity contribution < 1.29 is 0 Å². The summed E-state index contributed by atoms with van der Waals surface area (Å²) in [4.78, 5) is 2.05. The van der Waals surface area contributed by atoms with Crippen molar-refractivity contribution in [3.8, 4) is 6.07 Å². The van der Waals surface area contributed by atoms with Gasteiger partial charge >= 0.3 is 0 Å². The smallest absolute Gasteiger partial charge is 0.0992 e. The fourth-order valence-electron chi connectivity index (χ4n) is 1.73. The number of rotatable bonds is 3. The standard InChI is InChI=1S/C13H12BrN3S/c1-17(7-10-5-13(14)18-8-10)12-4-9(6-15)2-3-11(12)16/h2-5,8H,7,16H2,1H3. The highest BCUT2D eigenvalue weighted by Crippen LogP contribution is 2.27. The van der Waals surface area contributed by atoms with E-state index in [1.807, 2.05) is 18.0 Å². The molecule has 2 N–H and O–H groups in total. The largest absolute Gasteiger partial charge is 0.397 e. The molecule has 92 valence electrons. The Morgan fingerprint density at radius 3 is 2.83 bits per heavy atom. The number of nitrogens with two attached hydrogens (primary N) is 1. The second-order valence-corrected chi connectivity index (χ2v) is 6.29. The fraction of sp³-hybridized carbons (Fsp3) is 0.154. The normalized spacial score (nSPS) is 10.1. The fourth-order valence-corrected chi connectivity index (χ4v) is 2.93. The number of nitrogen functional groups attached to an aromatic ring is 1. The number of hydrogen-bond donors (Lipinski definition) is 1. The van der Waals surface area contributed by atoms with Crippen LogP contribution in [0.25, 0.3) is 0 Å². The Kier molecular flexibility index (Phi) is 3.90. The van der Waals surface area contributed by atoms with Gasteiger partial charge in [0.1, 0.15) is 0 Å². The molecule has 0 aliphatic heterocycles. The zero-order chi connectivity index (χ0) is 13.1. The van der Waals surface area contributed by atoms with Crippen LogP contribution in [-0.2, 0) is 6.54 Å². The van der Waals surface area contributed by atoms with E-state index in [9.17, 15) is 0 Å². The lowest BCUT2D eigenvalue weighted by molar-refractivity contribution is 0.928. The summed E-state index contributed by atoms with van der Waals surface area (Å²) >= 11 is 5.11. The zero-order valence-corrected chi connectivity index (χ0v) is 12.3. The molecule has 0 bridgehead atoms. The molecule has 0 aliphatic carbocycles. The first-order valence-corrected chi connectivity index (χ1v) is 7.01. The third-order valence-corrected chi connectivity index (χ3v) is 4.17. The average Bonchev–Trinajstić information content (AvgIpc) is 2.75. The van der Waals surface area contributed by atoms with Gasteiger partial charge in [-0.05, 0) is 51.1 Å². The molecular weight excluding hydrogens is 310 g/mol. The molecule has 0 amide bonds. The van der Waals surface area contributed by atoms with Gasteiger partial charge in [0.15, 0.2) is 0 Å². The molecule has 1 heterocycles. The number of halogens is 1. The van der Waals surface area contributed by atoms with Crippen LogP contribution in [-0.4, -0.2) is 7.05 Å². The SMILES string of the molecule is CN(Cc1csc(Br)c1)c1cc(C#N)ccc1N. The Hall–Kier alpha value is -1.51. The van der Waals surface area contributed by atoms with Crippen LogP contribution in [0.15, 0.2) is 33.4 Å². The highest BCUT2D eigenvalue weighted by atomic mass is 79.9. The monoisotopic (exact) mass is 321 g/mol. The molecule has 1 aromatic carbocycles. The molecule has 2 aromatic rings. The summed E-state index contributed by atoms with van der Waals surface area (Å²) in [6, 6.07) is 9.54. The number of nitriles is 1. The molecule has 5 heteroatoms. The third kappa shape index (κ3) is 2.84. The Morgan fingerprint density at radius 1 is 1.44 bits per heavy atom. The minimum atomic E-state index is 0.623. The summed E-state index contributed by atoms with van der Waals surface area (Å²) in [6.45, 7) is 0.765. The van der Waals surface area contributed by atoms with E-state index in [0.717, 1.165) is 16.0 Å². The Bertz CT molecular complexity index is 601. The van der Waals surface area contributed by atoms with Gasteiger partial charge in [-0.1, -0.05) is 0 Å². The Labute approximate surface area is 119 Å². The van der Waals surface area contributed by atoms with Crippen LogP contribution in [0.3, 0.4) is 0 Å². The van der Waals surface area contributed by atoms with Gasteiger partial charge in [-0.25, -0.2) is 0 Å². The van der Waals surface area contributed by atoms with Gasteiger partial charge < -0.3 is 10.6 Å². The lowest BCUT2D eigenvalue weighted by Crippen LogP contribution is -2.17. The van der Waals surface area contributed by atoms with Crippen LogP contribution in [0.4, 0.5) is 11.4 Å². The van der Waals surface area contributed by atoms with E-state index in [0.29, 0.717) is 11.3 Å². The van der Waals surface area contributed by atoms with Crippen molar-refractivity contribution in [2.45, 2.75) is 6.54 Å². The van der Waals surface area contributed by atoms with Crippen molar-refractivity contribution in [1.29, 1.82) is 5.26 Å². The summed E-state index contributed by atoms with van der Waals surface area (Å²) in [6.07, 6.45) is 0. The van der Waals surface area contributed by atoms with Crippen molar-refractivity contribution in [2.24, 2.45) is 0 Å². The molecule has 18 heavy (non-hydrogen) atoms. The van der Waals surface area contributed by atoms with Crippen LogP contribution in [0.1, 0.15) is 11.1 Å². The highest BCUT2D eigenvalue weighted by Gasteiger charge is 2.08. The van der Waals surface area contributed by atoms with Gasteiger partial charge in [0.05, 0.1) is 26.8 Å². The van der Waals surface area contributed by atoms with E-state index >= 15 is 0 Å². The molecule has 0 spiro atoms. The number of anilines is 2. The maximum absolute atomic E-state index is 8.91. The van der Waals surface area contributed by atoms with Crippen molar-refractivity contribution >= 4 is 38.6 Å². The molecule has 0 fully saturated rings. The van der Waals surface area contributed by atoms with E-state index in [-0.39, 0.29) is 0 Å². The predicted molar refractivity (Wildman–Crippen MR) is 79.7 cm³/mol. The van der Waals surface area contributed by atoms with Gasteiger partial charge in [0, 0.05) is 13.6 Å². The molecule has 0 saturated heterocycles. The third-order valence-electron chi connectivity index (χ3n) is 2.61. The van der Waals surface area contributed by atoms with Gasteiger partial charge in [0.2, 0.25) is 0 Å². The second-order valence-electron chi connectivity index (χ2n) is 4.00. The number of benzene rings is 1. The van der Waals surface area contributed by atoms with E-state index in [4.69, 9.17) is 11.0 Å². The summed E-state index contributed by atoms with van der Waals surface area (Å²) in [5.74, 6) is 0. The lowest BCUT2D eigenvalue weighted by atomic mass is 10.1. The van der Waals surface area contributed by atoms with Crippen molar-refractivity contribution in [3.05, 3.63) is 44.6 Å². The van der Waals surface area contributed by atoms with Crippen molar-refractivity contribution in [2.75, 3.05) is 17.7 Å². The average molecular weight is 322 g/mol. The molecular formula is C13H12BrN3S. The van der Waals surface area contributed by atoms with Gasteiger partial charge in [-0.3, -0.25) is 0 Å². The highest BCUT2D eigenvalue weighted by molar-refractivity contribution is 9.11. The quantitative estimate of drug-likeness (QED) is 0.879. The molecule has 1 aromatic heterocycles. The van der Waals surface area contributed by atoms with Crippen LogP contribution in [0.5, 0.6) is 0 Å². The Balaban J connectivity index is 2.23. The van der Waals surface area contributed by atoms with E-state index in [1.165, 1.54) is 5.56 Å². The van der Waals surface area contributed by atoms with Gasteiger partial charge in [-0.2, -0.15) is 5.26 Å². The maximum Gasteiger partial charge on any atom is 0.0992 e. The summed E-state index contributed by atoms with van der Waals surface area (Å²) in [7, 11) is 1.97. The first-order chi connectivity index (χ1) is 8.60. The van der Waals surface area contributed by atoms with Crippen LogP contribution < -0.4 is 10.6 Å². The van der Waals surface area contributed by atoms with E-state index in [1.54, 1.807) is 23.5 Å². The van der Waals surface area contributed by atoms with Crippen LogP contribution >= 0.6 is 27.3 Å². The molecule has 2 rings (SSSR count). The zero-order valence-electron chi connectivity index (χ0n) is 9.85. The summed E-state index contributed by atoms with van der Waals surface area (Å²) < 4.78 is 1.12. The maximum atomic E-state index is 8.91. The first-order valence-electron chi connectivity index (χ1n) is 5.34. The Morgan fingerprint density at radius 2 is 2.22 bits per heavy atom. The molecule has 0 radical (unpaired) electrons. The predicted octanol–water partition coefficient (Wildman–Crippen LogP) is 3.60. The second kappa shape index (κ2) is 5.42. The molecule has 3 nitrogen and oxygen atoms in total. The molecule has 0 unspecified atom stereocenters. The molecule has 0 atom stereocenters. The number of hydrogen-bond acceptors (Lipinski definition) is 4. The lowest BCUT2D eigenvalue weighted by Gasteiger charge is -2.20. The molecule has 0 aliphatic rings. The van der Waals surface area contributed by atoms with Gasteiger partial charge in [-0.15, -0.1) is 11.3 Å². The number of nitrogens with zero attached hydrogens (tertiary/aromatic N) is 2. The topological polar surface area (TPSA) is 53.0 Å². The molecule has 0 saturated carbocycles. The van der Waals surface area contributed by atoms with Crippen LogP contribution in [0, 0.1) is 11.3 Å². The van der Waals surface area contributed by atoms with Crippen LogP contribution in [0.2, 0.25) is 0 Å². The number of thiophene rings is 1. The van der Waals surface area contributed by atoms with Crippen molar-refractivity contribution in [3.63, 3.8) is 0 Å². The minimum absolute atomic E-state index is 0.623.